The van der Waals surface area contributed by atoms with Crippen molar-refractivity contribution >= 4 is 29.0 Å². The molecule has 0 aliphatic carbocycles. The number of thiophene rings is 1. The average Bonchev–Trinajstić information content (AvgIpc) is 3.18. The van der Waals surface area contributed by atoms with Gasteiger partial charge in [0.05, 0.1) is 12.1 Å². The molecule has 1 saturated heterocycles. The number of hydrogen-bond donors (Lipinski definition) is 2. The van der Waals surface area contributed by atoms with Crippen molar-refractivity contribution in [2.45, 2.75) is 25.7 Å². The van der Waals surface area contributed by atoms with E-state index in [0.29, 0.717) is 32.0 Å². The zero-order valence-electron chi connectivity index (χ0n) is 15.4. The highest BCUT2D eigenvalue weighted by molar-refractivity contribution is 7.08. The van der Waals surface area contributed by atoms with Gasteiger partial charge < -0.3 is 15.5 Å². The second-order valence-electron chi connectivity index (χ2n) is 6.93. The van der Waals surface area contributed by atoms with Gasteiger partial charge in [-0.05, 0) is 59.7 Å². The second kappa shape index (κ2) is 9.64. The van der Waals surface area contributed by atoms with E-state index in [1.54, 1.807) is 16.2 Å². The second-order valence-corrected chi connectivity index (χ2v) is 7.71. The van der Waals surface area contributed by atoms with Crippen molar-refractivity contribution in [1.82, 2.24) is 10.2 Å². The number of urea groups is 1. The molecule has 0 unspecified atom stereocenters. The Labute approximate surface area is 166 Å². The summed E-state index contributed by atoms with van der Waals surface area (Å²) in [6.45, 7) is 1.72. The molecule has 1 aliphatic rings. The first kappa shape index (κ1) is 20.3. The maximum Gasteiger partial charge on any atom is 0.321 e. The fourth-order valence-electron chi connectivity index (χ4n) is 3.27. The molecule has 1 fully saturated rings. The first-order valence-corrected chi connectivity index (χ1v) is 10.2. The quantitative estimate of drug-likeness (QED) is 0.760. The lowest BCUT2D eigenvalue weighted by atomic mass is 9.93. The summed E-state index contributed by atoms with van der Waals surface area (Å²) in [6, 6.07) is 4.49. The number of halogens is 2. The largest absolute Gasteiger partial charge is 0.356 e. The Balaban J connectivity index is 1.36. The summed E-state index contributed by atoms with van der Waals surface area (Å²) >= 11 is 1.58. The van der Waals surface area contributed by atoms with Crippen LogP contribution in [0.3, 0.4) is 0 Å². The van der Waals surface area contributed by atoms with Gasteiger partial charge in [0.15, 0.2) is 0 Å². The molecule has 0 radical (unpaired) electrons. The minimum atomic E-state index is -0.664. The summed E-state index contributed by atoms with van der Waals surface area (Å²) < 4.78 is 26.9. The molecule has 150 valence electrons. The number of anilines is 1. The Kier molecular flexibility index (Phi) is 6.97. The number of rotatable bonds is 6. The van der Waals surface area contributed by atoms with Crippen LogP contribution in [0.2, 0.25) is 0 Å². The zero-order valence-corrected chi connectivity index (χ0v) is 16.2. The van der Waals surface area contributed by atoms with Gasteiger partial charge in [0.25, 0.3) is 0 Å². The molecule has 28 heavy (non-hydrogen) atoms. The lowest BCUT2D eigenvalue weighted by molar-refractivity contribution is -0.120. The Hall–Kier alpha value is -2.48. The predicted molar refractivity (Wildman–Crippen MR) is 105 cm³/mol. The number of hydrogen-bond acceptors (Lipinski definition) is 3. The van der Waals surface area contributed by atoms with E-state index >= 15 is 0 Å². The average molecular weight is 407 g/mol. The Morgan fingerprint density at radius 2 is 1.96 bits per heavy atom. The number of piperidine rings is 1. The molecule has 2 heterocycles. The molecule has 3 rings (SSSR count). The summed E-state index contributed by atoms with van der Waals surface area (Å²) in [7, 11) is 0. The van der Waals surface area contributed by atoms with E-state index < -0.39 is 17.7 Å². The molecule has 1 aliphatic heterocycles. The van der Waals surface area contributed by atoms with E-state index in [1.165, 1.54) is 0 Å². The van der Waals surface area contributed by atoms with Crippen LogP contribution in [0, 0.1) is 17.6 Å². The number of nitrogens with one attached hydrogen (secondary N) is 2. The molecule has 2 N–H and O–H groups in total. The minimum absolute atomic E-state index is 0.0207. The van der Waals surface area contributed by atoms with Crippen LogP contribution in [0.1, 0.15) is 24.8 Å². The molecule has 5 nitrogen and oxygen atoms in total. The lowest BCUT2D eigenvalue weighted by Gasteiger charge is -2.32. The van der Waals surface area contributed by atoms with Gasteiger partial charge in [-0.15, -0.1) is 0 Å². The van der Waals surface area contributed by atoms with Gasteiger partial charge in [-0.3, -0.25) is 4.79 Å². The highest BCUT2D eigenvalue weighted by Crippen LogP contribution is 2.22. The van der Waals surface area contributed by atoms with E-state index in [0.717, 1.165) is 43.0 Å². The van der Waals surface area contributed by atoms with Gasteiger partial charge in [-0.1, -0.05) is 0 Å². The van der Waals surface area contributed by atoms with Crippen LogP contribution in [-0.2, 0) is 11.2 Å². The molecule has 0 bridgehead atoms. The number of likely N-dealkylation sites (tertiary alicyclic amines) is 1. The van der Waals surface area contributed by atoms with Crippen LogP contribution < -0.4 is 10.6 Å². The zero-order chi connectivity index (χ0) is 19.9. The van der Waals surface area contributed by atoms with Gasteiger partial charge in [-0.25, -0.2) is 13.6 Å². The summed E-state index contributed by atoms with van der Waals surface area (Å²) in [6.07, 6.45) is 2.90. The fourth-order valence-corrected chi connectivity index (χ4v) is 3.94. The first-order chi connectivity index (χ1) is 13.5. The molecule has 0 spiro atoms. The molecule has 8 heteroatoms. The normalized spacial score (nSPS) is 14.7. The highest BCUT2D eigenvalue weighted by Gasteiger charge is 2.23. The van der Waals surface area contributed by atoms with Crippen LogP contribution in [0.25, 0.3) is 0 Å². The predicted octanol–water partition coefficient (Wildman–Crippen LogP) is 4.02. The van der Waals surface area contributed by atoms with Crippen molar-refractivity contribution < 1.29 is 18.4 Å². The Bertz CT molecular complexity index is 806. The number of benzene rings is 1. The van der Waals surface area contributed by atoms with Crippen LogP contribution >= 0.6 is 11.3 Å². The van der Waals surface area contributed by atoms with Crippen molar-refractivity contribution in [3.63, 3.8) is 0 Å². The van der Waals surface area contributed by atoms with E-state index in [9.17, 15) is 18.4 Å². The molecule has 1 aromatic carbocycles. The molecular weight excluding hydrogens is 384 g/mol. The van der Waals surface area contributed by atoms with Gasteiger partial charge >= 0.3 is 6.03 Å². The summed E-state index contributed by atoms with van der Waals surface area (Å²) in [5.74, 6) is -0.817. The SMILES string of the molecule is O=C(Cc1ccsc1)NCCC1CCN(C(=O)Nc2cc(F)ccc2F)CC1. The third-order valence-corrected chi connectivity index (χ3v) is 5.62. The van der Waals surface area contributed by atoms with E-state index in [-0.39, 0.29) is 11.6 Å². The van der Waals surface area contributed by atoms with Crippen molar-refractivity contribution in [2.24, 2.45) is 5.92 Å². The molecule has 0 atom stereocenters. The molecule has 0 saturated carbocycles. The van der Waals surface area contributed by atoms with Crippen LogP contribution in [-0.4, -0.2) is 36.5 Å². The van der Waals surface area contributed by atoms with Crippen molar-refractivity contribution in [3.05, 3.63) is 52.2 Å². The number of nitrogens with zero attached hydrogens (tertiary/aromatic N) is 1. The van der Waals surface area contributed by atoms with Gasteiger partial charge in [0.2, 0.25) is 5.91 Å². The van der Waals surface area contributed by atoms with Gasteiger partial charge in [0.1, 0.15) is 11.6 Å². The van der Waals surface area contributed by atoms with Gasteiger partial charge in [0, 0.05) is 25.7 Å². The Morgan fingerprint density at radius 3 is 2.68 bits per heavy atom. The monoisotopic (exact) mass is 407 g/mol. The summed E-state index contributed by atoms with van der Waals surface area (Å²) in [4.78, 5) is 25.8. The molecule has 3 amide bonds. The van der Waals surface area contributed by atoms with Crippen molar-refractivity contribution in [3.8, 4) is 0 Å². The maximum absolute atomic E-state index is 13.6. The summed E-state index contributed by atoms with van der Waals surface area (Å²) in [5, 5.41) is 9.29. The minimum Gasteiger partial charge on any atom is -0.356 e. The third kappa shape index (κ3) is 5.76. The van der Waals surface area contributed by atoms with Crippen LogP contribution in [0.5, 0.6) is 0 Å². The smallest absolute Gasteiger partial charge is 0.321 e. The fraction of sp³-hybridized carbons (Fsp3) is 0.400. The maximum atomic E-state index is 13.6. The molecule has 1 aromatic heterocycles. The topological polar surface area (TPSA) is 61.4 Å². The standard InChI is InChI=1S/C20H23F2N3O2S/c21-16-1-2-17(22)18(12-16)24-20(27)25-8-4-14(5-9-25)3-7-23-19(26)11-15-6-10-28-13-15/h1-2,6,10,12-14H,3-5,7-9,11H2,(H,23,26)(H,24,27). The van der Waals surface area contributed by atoms with E-state index in [1.807, 2.05) is 16.8 Å². The number of amides is 3. The van der Waals surface area contributed by atoms with Gasteiger partial charge in [-0.2, -0.15) is 11.3 Å². The molecule has 2 aromatic rings. The van der Waals surface area contributed by atoms with E-state index in [2.05, 4.69) is 10.6 Å². The van der Waals surface area contributed by atoms with E-state index in [4.69, 9.17) is 0 Å². The van der Waals surface area contributed by atoms with Crippen molar-refractivity contribution in [2.75, 3.05) is 25.0 Å². The van der Waals surface area contributed by atoms with Crippen LogP contribution in [0.4, 0.5) is 19.3 Å². The number of carbonyl (C=O) groups is 2. The summed E-state index contributed by atoms with van der Waals surface area (Å²) in [5.41, 5.74) is 0.872. The van der Waals surface area contributed by atoms with Crippen LogP contribution in [0.15, 0.2) is 35.0 Å². The first-order valence-electron chi connectivity index (χ1n) is 9.30. The molecular formula is C20H23F2N3O2S. The Morgan fingerprint density at radius 1 is 1.18 bits per heavy atom. The lowest BCUT2D eigenvalue weighted by Crippen LogP contribution is -2.41. The third-order valence-electron chi connectivity index (χ3n) is 4.89. The van der Waals surface area contributed by atoms with Crippen molar-refractivity contribution in [1.29, 1.82) is 0 Å². The highest BCUT2D eigenvalue weighted by atomic mass is 32.1. The number of carbonyl (C=O) groups excluding carboxylic acids is 2.